The van der Waals surface area contributed by atoms with E-state index in [0.29, 0.717) is 0 Å². The predicted octanol–water partition coefficient (Wildman–Crippen LogP) is 1.94. The van der Waals surface area contributed by atoms with Crippen LogP contribution in [0.4, 0.5) is 0 Å². The topological polar surface area (TPSA) is 38.7 Å². The maximum Gasteiger partial charge on any atom is 0.505 e. The van der Waals surface area contributed by atoms with Gasteiger partial charge in [-0.2, -0.15) is 0 Å². The van der Waals surface area contributed by atoms with E-state index < -0.39 is 8.80 Å². The molecule has 1 atom stereocenters. The van der Waals surface area contributed by atoms with Gasteiger partial charge in [-0.3, -0.25) is 0 Å². The van der Waals surface area contributed by atoms with E-state index in [4.69, 9.17) is 8.85 Å². The van der Waals surface area contributed by atoms with Crippen LogP contribution in [-0.2, 0) is 8.85 Å². The van der Waals surface area contributed by atoms with Gasteiger partial charge in [0.15, 0.2) is 0 Å². The maximum atomic E-state index is 10.2. The second-order valence-corrected chi connectivity index (χ2v) is 6.19. The Hall–Kier alpha value is -0.683. The molecule has 1 aromatic carbocycles. The van der Waals surface area contributed by atoms with Gasteiger partial charge in [-0.1, -0.05) is 37.3 Å². The molecule has 84 valence electrons. The van der Waals surface area contributed by atoms with Gasteiger partial charge < -0.3 is 13.6 Å². The molecule has 0 aliphatic heterocycles. The molecule has 1 rings (SSSR count). The third kappa shape index (κ3) is 2.66. The first-order chi connectivity index (χ1) is 7.18. The summed E-state index contributed by atoms with van der Waals surface area (Å²) in [5.74, 6) is 0. The van der Waals surface area contributed by atoms with Gasteiger partial charge in [-0.25, -0.2) is 0 Å². The average Bonchev–Trinajstić information content (AvgIpc) is 2.31. The van der Waals surface area contributed by atoms with E-state index in [-0.39, 0.29) is 5.54 Å². The van der Waals surface area contributed by atoms with Crippen molar-refractivity contribution in [3.05, 3.63) is 35.9 Å². The van der Waals surface area contributed by atoms with Crippen molar-refractivity contribution in [2.24, 2.45) is 0 Å². The highest BCUT2D eigenvalue weighted by Crippen LogP contribution is 2.28. The summed E-state index contributed by atoms with van der Waals surface area (Å²) in [6.07, 6.45) is 0.800. The Morgan fingerprint density at radius 2 is 1.73 bits per heavy atom. The molecule has 3 nitrogen and oxygen atoms in total. The Morgan fingerprint density at radius 1 is 1.20 bits per heavy atom. The summed E-state index contributed by atoms with van der Waals surface area (Å²) in [5, 5.41) is 0. The van der Waals surface area contributed by atoms with Gasteiger partial charge in [0.1, 0.15) is 0 Å². The van der Waals surface area contributed by atoms with E-state index in [1.54, 1.807) is 0 Å². The number of rotatable bonds is 5. The largest absolute Gasteiger partial charge is 0.505 e. The molecule has 0 fully saturated rings. The molecule has 0 radical (unpaired) electrons. The van der Waals surface area contributed by atoms with Crippen LogP contribution in [0.25, 0.3) is 0 Å². The molecule has 0 aromatic heterocycles. The van der Waals surface area contributed by atoms with Crippen LogP contribution in [0.5, 0.6) is 0 Å². The fourth-order valence-corrected chi connectivity index (χ4v) is 3.62. The van der Waals surface area contributed by atoms with Gasteiger partial charge in [0, 0.05) is 14.2 Å². The molecule has 4 heteroatoms. The summed E-state index contributed by atoms with van der Waals surface area (Å²) in [7, 11) is -0.0650. The molecular weight excluding hydrogens is 208 g/mol. The van der Waals surface area contributed by atoms with Gasteiger partial charge in [-0.05, 0) is 12.0 Å². The van der Waals surface area contributed by atoms with Crippen molar-refractivity contribution >= 4 is 8.80 Å². The Kier molecular flexibility index (Phi) is 4.47. The lowest BCUT2D eigenvalue weighted by Gasteiger charge is -2.28. The molecule has 1 unspecified atom stereocenters. The van der Waals surface area contributed by atoms with Crippen molar-refractivity contribution in [2.75, 3.05) is 14.2 Å². The second kappa shape index (κ2) is 5.41. The molecule has 0 aliphatic rings. The molecule has 0 saturated heterocycles. The zero-order valence-electron chi connectivity index (χ0n) is 9.43. The van der Waals surface area contributed by atoms with E-state index in [9.17, 15) is 4.80 Å². The zero-order chi connectivity index (χ0) is 11.3. The summed E-state index contributed by atoms with van der Waals surface area (Å²) in [6.45, 7) is 2.02. The minimum Gasteiger partial charge on any atom is -0.389 e. The molecule has 1 N–H and O–H groups in total. The van der Waals surface area contributed by atoms with Crippen molar-refractivity contribution in [3.63, 3.8) is 0 Å². The molecule has 0 spiro atoms. The van der Waals surface area contributed by atoms with Crippen LogP contribution in [0, 0.1) is 0 Å². The SMILES string of the molecule is CCC(c1ccccc1)[Si](O)(OC)OC. The lowest BCUT2D eigenvalue weighted by molar-refractivity contribution is 0.138. The molecule has 0 amide bonds. The Bertz CT molecular complexity index is 285. The molecule has 0 saturated carbocycles. The van der Waals surface area contributed by atoms with E-state index in [1.807, 2.05) is 37.3 Å². The first-order valence-electron chi connectivity index (χ1n) is 5.05. The van der Waals surface area contributed by atoms with Crippen LogP contribution in [-0.4, -0.2) is 27.8 Å². The predicted molar refractivity (Wildman–Crippen MR) is 61.5 cm³/mol. The summed E-state index contributed by atoms with van der Waals surface area (Å²) in [6, 6.07) is 9.85. The summed E-state index contributed by atoms with van der Waals surface area (Å²) in [5.41, 5.74) is 1.02. The first kappa shape index (κ1) is 12.4. The van der Waals surface area contributed by atoms with E-state index in [1.165, 1.54) is 14.2 Å². The van der Waals surface area contributed by atoms with Gasteiger partial charge >= 0.3 is 8.80 Å². The van der Waals surface area contributed by atoms with Gasteiger partial charge in [0.05, 0.1) is 5.54 Å². The van der Waals surface area contributed by atoms with Crippen molar-refractivity contribution in [1.82, 2.24) is 0 Å². The number of hydrogen-bond donors (Lipinski definition) is 1. The van der Waals surface area contributed by atoms with Crippen LogP contribution in [0.1, 0.15) is 24.4 Å². The van der Waals surface area contributed by atoms with Crippen molar-refractivity contribution in [2.45, 2.75) is 18.9 Å². The third-order valence-electron chi connectivity index (χ3n) is 2.64. The normalized spacial score (nSPS) is 13.9. The molecular formula is C11H18O3Si. The lowest BCUT2D eigenvalue weighted by Crippen LogP contribution is -2.47. The third-order valence-corrected chi connectivity index (χ3v) is 5.43. The molecule has 1 aromatic rings. The Labute approximate surface area is 92.0 Å². The van der Waals surface area contributed by atoms with Crippen LogP contribution in [0.15, 0.2) is 30.3 Å². The standard InChI is InChI=1S/C11H18O3Si/c1-4-11(15(12,13-2)14-3)10-8-6-5-7-9-10/h5-9,11-12H,4H2,1-3H3. The van der Waals surface area contributed by atoms with Crippen LogP contribution >= 0.6 is 0 Å². The molecule has 0 aliphatic carbocycles. The Balaban J connectivity index is 2.98. The van der Waals surface area contributed by atoms with Crippen molar-refractivity contribution < 1.29 is 13.6 Å². The van der Waals surface area contributed by atoms with Crippen molar-refractivity contribution in [1.29, 1.82) is 0 Å². The van der Waals surface area contributed by atoms with Gasteiger partial charge in [0.25, 0.3) is 0 Å². The highest BCUT2D eigenvalue weighted by atomic mass is 28.4. The fraction of sp³-hybridized carbons (Fsp3) is 0.455. The molecule has 0 heterocycles. The van der Waals surface area contributed by atoms with Crippen LogP contribution in [0.2, 0.25) is 0 Å². The zero-order valence-corrected chi connectivity index (χ0v) is 10.4. The minimum atomic E-state index is -3.07. The summed E-state index contributed by atoms with van der Waals surface area (Å²) >= 11 is 0. The van der Waals surface area contributed by atoms with Crippen LogP contribution in [0.3, 0.4) is 0 Å². The number of hydrogen-bond acceptors (Lipinski definition) is 3. The second-order valence-electron chi connectivity index (χ2n) is 3.41. The fourth-order valence-electron chi connectivity index (χ4n) is 1.76. The average molecular weight is 226 g/mol. The first-order valence-corrected chi connectivity index (χ1v) is 6.89. The minimum absolute atomic E-state index is 0.0475. The summed E-state index contributed by atoms with van der Waals surface area (Å²) < 4.78 is 10.3. The monoisotopic (exact) mass is 226 g/mol. The van der Waals surface area contributed by atoms with E-state index >= 15 is 0 Å². The highest BCUT2D eigenvalue weighted by Gasteiger charge is 2.44. The maximum absolute atomic E-state index is 10.2. The highest BCUT2D eigenvalue weighted by molar-refractivity contribution is 6.60. The molecule has 0 bridgehead atoms. The Morgan fingerprint density at radius 3 is 2.13 bits per heavy atom. The molecule has 15 heavy (non-hydrogen) atoms. The quantitative estimate of drug-likeness (QED) is 0.780. The van der Waals surface area contributed by atoms with Crippen LogP contribution < -0.4 is 0 Å². The summed E-state index contributed by atoms with van der Waals surface area (Å²) in [4.78, 5) is 10.2. The van der Waals surface area contributed by atoms with Gasteiger partial charge in [-0.15, -0.1) is 0 Å². The lowest BCUT2D eigenvalue weighted by atomic mass is 10.1. The van der Waals surface area contributed by atoms with E-state index in [2.05, 4.69) is 0 Å². The van der Waals surface area contributed by atoms with Gasteiger partial charge in [0.2, 0.25) is 0 Å². The van der Waals surface area contributed by atoms with Crippen molar-refractivity contribution in [3.8, 4) is 0 Å². The van der Waals surface area contributed by atoms with E-state index in [0.717, 1.165) is 12.0 Å². The number of benzene rings is 1. The smallest absolute Gasteiger partial charge is 0.389 e.